The highest BCUT2D eigenvalue weighted by atomic mass is 31.1. The van der Waals surface area contributed by atoms with E-state index >= 15 is 0 Å². The van der Waals surface area contributed by atoms with Gasteiger partial charge in [-0.05, 0) is 32.3 Å². The van der Waals surface area contributed by atoms with Crippen LogP contribution in [0, 0.1) is 0 Å². The molecule has 2 rings (SSSR count). The fourth-order valence-electron chi connectivity index (χ4n) is 2.71. The summed E-state index contributed by atoms with van der Waals surface area (Å²) in [6.45, 7) is 4.93. The second kappa shape index (κ2) is 12.1. The number of alkyl halides is 1. The summed E-state index contributed by atoms with van der Waals surface area (Å²) in [5.74, 6) is -0.279. The molecule has 0 fully saturated rings. The smallest absolute Gasteiger partial charge is 0.462 e. The molecule has 5 N–H and O–H groups in total. The number of esters is 1. The molecule has 0 spiro atoms. The van der Waals surface area contributed by atoms with Gasteiger partial charge in [0.15, 0.2) is 23.2 Å². The summed E-state index contributed by atoms with van der Waals surface area (Å²) in [4.78, 5) is 24.1. The number of nitrogens with zero attached hydrogens (tertiary/aromatic N) is 4. The number of nitrogens with one attached hydrogen (secondary N) is 2. The number of carbonyl (C=O) groups excluding carboxylic acids is 1. The number of imidazole rings is 1. The molecule has 0 radical (unpaired) electrons. The van der Waals surface area contributed by atoms with Crippen LogP contribution < -0.4 is 16.1 Å². The van der Waals surface area contributed by atoms with Crippen molar-refractivity contribution in [2.75, 3.05) is 31.4 Å². The monoisotopic (exact) mass is 490 g/mol. The minimum Gasteiger partial charge on any atom is -0.462 e. The maximum atomic E-state index is 13.9. The number of carbonyl (C=O) groups is 1. The Morgan fingerprint density at radius 2 is 2.03 bits per heavy atom. The minimum absolute atomic E-state index is 0.0465. The fourth-order valence-corrected chi connectivity index (χ4v) is 3.49. The van der Waals surface area contributed by atoms with E-state index in [1.165, 1.54) is 24.7 Å². The molecule has 0 saturated carbocycles. The Morgan fingerprint density at radius 1 is 1.33 bits per heavy atom. The van der Waals surface area contributed by atoms with Gasteiger partial charge in [-0.15, -0.1) is 4.52 Å². The highest BCUT2D eigenvalue weighted by Crippen LogP contribution is 2.26. The summed E-state index contributed by atoms with van der Waals surface area (Å²) in [6, 6.07) is -0.885. The van der Waals surface area contributed by atoms with E-state index in [-0.39, 0.29) is 24.3 Å². The molecular formula is C18H30FN7O6P+. The van der Waals surface area contributed by atoms with Crippen molar-refractivity contribution in [1.82, 2.24) is 24.6 Å². The van der Waals surface area contributed by atoms with E-state index < -0.39 is 45.3 Å². The van der Waals surface area contributed by atoms with Crippen molar-refractivity contribution < 1.29 is 32.9 Å². The van der Waals surface area contributed by atoms with Crippen LogP contribution in [0.1, 0.15) is 33.9 Å². The summed E-state index contributed by atoms with van der Waals surface area (Å²) < 4.78 is 43.3. The van der Waals surface area contributed by atoms with E-state index in [1.807, 2.05) is 0 Å². The van der Waals surface area contributed by atoms with Gasteiger partial charge in [-0.3, -0.25) is 9.36 Å². The SMILES string of the molecule is CNc1nc(N)nc2c1ncn2[C@@H](CF)O[C@H](CO[P+](=O)N[C@H](C)C(=O)OC(C)C)[C@H](C)O. The third-order valence-corrected chi connectivity index (χ3v) is 5.33. The highest BCUT2D eigenvalue weighted by Gasteiger charge is 2.32. The Kier molecular flexibility index (Phi) is 9.80. The molecule has 0 bridgehead atoms. The first-order valence-electron chi connectivity index (χ1n) is 10.2. The van der Waals surface area contributed by atoms with E-state index in [2.05, 4.69) is 25.4 Å². The van der Waals surface area contributed by atoms with E-state index in [4.69, 9.17) is 19.7 Å². The molecule has 2 aromatic rings. The number of aliphatic hydroxyl groups is 1. The Balaban J connectivity index is 2.07. The van der Waals surface area contributed by atoms with E-state index in [0.29, 0.717) is 11.3 Å². The Morgan fingerprint density at radius 3 is 2.61 bits per heavy atom. The first-order chi connectivity index (χ1) is 15.6. The Bertz CT molecular complexity index is 960. The third-order valence-electron chi connectivity index (χ3n) is 4.35. The molecule has 0 amide bonds. The van der Waals surface area contributed by atoms with Crippen molar-refractivity contribution in [1.29, 1.82) is 0 Å². The van der Waals surface area contributed by atoms with Crippen LogP contribution in [0.5, 0.6) is 0 Å². The largest absolute Gasteiger partial charge is 0.613 e. The third kappa shape index (κ3) is 7.24. The molecule has 1 unspecified atom stereocenters. The predicted octanol–water partition coefficient (Wildman–Crippen LogP) is 1.29. The van der Waals surface area contributed by atoms with Crippen LogP contribution in [-0.2, 0) is 23.4 Å². The van der Waals surface area contributed by atoms with Gasteiger partial charge in [-0.2, -0.15) is 9.97 Å². The van der Waals surface area contributed by atoms with Gasteiger partial charge in [-0.25, -0.2) is 9.37 Å². The van der Waals surface area contributed by atoms with E-state index in [0.717, 1.165) is 0 Å². The lowest BCUT2D eigenvalue weighted by atomic mass is 10.2. The second-order valence-electron chi connectivity index (χ2n) is 7.42. The topological polar surface area (TPSA) is 176 Å². The summed E-state index contributed by atoms with van der Waals surface area (Å²) in [6.07, 6.45) is -2.41. The molecule has 2 heterocycles. The van der Waals surface area contributed by atoms with Crippen LogP contribution in [0.4, 0.5) is 16.2 Å². The minimum atomic E-state index is -2.50. The van der Waals surface area contributed by atoms with Crippen LogP contribution in [0.15, 0.2) is 6.33 Å². The normalized spacial score (nSPS) is 15.8. The summed E-state index contributed by atoms with van der Waals surface area (Å²) in [5.41, 5.74) is 6.30. The van der Waals surface area contributed by atoms with Crippen molar-refractivity contribution in [2.45, 2.75) is 58.3 Å². The van der Waals surface area contributed by atoms with Crippen molar-refractivity contribution in [3.63, 3.8) is 0 Å². The van der Waals surface area contributed by atoms with Gasteiger partial charge in [0.1, 0.15) is 25.4 Å². The molecule has 184 valence electrons. The molecule has 0 aromatic carbocycles. The van der Waals surface area contributed by atoms with Gasteiger partial charge in [-0.1, -0.05) is 5.09 Å². The summed E-state index contributed by atoms with van der Waals surface area (Å²) in [5, 5.41) is 15.4. The number of nitrogen functional groups attached to an aromatic ring is 1. The maximum Gasteiger partial charge on any atom is 0.613 e. The summed E-state index contributed by atoms with van der Waals surface area (Å²) in [7, 11) is -0.871. The molecule has 5 atom stereocenters. The van der Waals surface area contributed by atoms with Crippen LogP contribution in [0.2, 0.25) is 0 Å². The maximum absolute atomic E-state index is 13.9. The number of aromatic nitrogens is 4. The zero-order valence-electron chi connectivity index (χ0n) is 19.1. The molecule has 0 aliphatic carbocycles. The van der Waals surface area contributed by atoms with Crippen LogP contribution in [0.25, 0.3) is 11.2 Å². The number of aliphatic hydroxyl groups excluding tert-OH is 1. The van der Waals surface area contributed by atoms with Crippen LogP contribution >= 0.6 is 8.18 Å². The van der Waals surface area contributed by atoms with Crippen molar-refractivity contribution in [3.8, 4) is 0 Å². The molecular weight excluding hydrogens is 460 g/mol. The van der Waals surface area contributed by atoms with Gasteiger partial charge in [0.25, 0.3) is 0 Å². The standard InChI is InChI=1S/C18H30FN7O6P/c1-9(2)31-17(28)10(3)25-33(29)30-7-12(11(4)27)32-13(6-19)26-8-22-14-15(21-5)23-18(20)24-16(14)26/h8-13,27H,6-7H2,1-5H3,(H,25,29)(H3,20,21,23,24)/q+1/t10-,11+,12-,13-/m1/s1. The highest BCUT2D eigenvalue weighted by molar-refractivity contribution is 7.36. The number of hydrogen-bond donors (Lipinski definition) is 4. The van der Waals surface area contributed by atoms with Gasteiger partial charge in [0.05, 0.1) is 18.5 Å². The number of halogens is 1. The summed E-state index contributed by atoms with van der Waals surface area (Å²) >= 11 is 0. The van der Waals surface area contributed by atoms with Crippen molar-refractivity contribution in [3.05, 3.63) is 6.33 Å². The predicted molar refractivity (Wildman–Crippen MR) is 118 cm³/mol. The first kappa shape index (κ1) is 26.7. The molecule has 13 nitrogen and oxygen atoms in total. The Labute approximate surface area is 191 Å². The zero-order chi connectivity index (χ0) is 24.7. The zero-order valence-corrected chi connectivity index (χ0v) is 20.0. The fraction of sp³-hybridized carbons (Fsp3) is 0.667. The number of nitrogens with two attached hydrogens (primary N) is 1. The van der Waals surface area contributed by atoms with Gasteiger partial charge in [0.2, 0.25) is 5.95 Å². The van der Waals surface area contributed by atoms with Gasteiger partial charge in [0, 0.05) is 7.05 Å². The number of rotatable bonds is 13. The lowest BCUT2D eigenvalue weighted by Gasteiger charge is -2.24. The lowest BCUT2D eigenvalue weighted by Crippen LogP contribution is -2.36. The second-order valence-corrected chi connectivity index (χ2v) is 8.45. The van der Waals surface area contributed by atoms with E-state index in [1.54, 1.807) is 20.9 Å². The van der Waals surface area contributed by atoms with Crippen LogP contribution in [0.3, 0.4) is 0 Å². The molecule has 0 aliphatic heterocycles. The first-order valence-corrected chi connectivity index (χ1v) is 11.4. The molecule has 2 aromatic heterocycles. The Hall–Kier alpha value is -2.51. The number of anilines is 2. The molecule has 33 heavy (non-hydrogen) atoms. The van der Waals surface area contributed by atoms with Gasteiger partial charge < -0.3 is 25.6 Å². The average molecular weight is 490 g/mol. The number of ether oxygens (including phenoxy) is 2. The number of hydrogen-bond acceptors (Lipinski definition) is 11. The quantitative estimate of drug-likeness (QED) is 0.234. The molecule has 0 aliphatic rings. The molecule has 0 saturated heterocycles. The lowest BCUT2D eigenvalue weighted by molar-refractivity contribution is -0.149. The number of fused-ring (bicyclic) bond motifs is 1. The van der Waals surface area contributed by atoms with Crippen LogP contribution in [-0.4, -0.2) is 75.3 Å². The molecule has 15 heteroatoms. The van der Waals surface area contributed by atoms with E-state index in [9.17, 15) is 18.9 Å². The van der Waals surface area contributed by atoms with Crippen molar-refractivity contribution in [2.24, 2.45) is 0 Å². The van der Waals surface area contributed by atoms with Crippen molar-refractivity contribution >= 4 is 37.1 Å². The average Bonchev–Trinajstić information content (AvgIpc) is 3.16. The van der Waals surface area contributed by atoms with Gasteiger partial charge >= 0.3 is 14.1 Å².